The molecule has 0 bridgehead atoms. The number of likely N-dealkylation sites (tertiary alicyclic amines) is 1. The van der Waals surface area contributed by atoms with Crippen molar-refractivity contribution in [2.45, 2.75) is 26.7 Å². The Morgan fingerprint density at radius 2 is 1.73 bits per heavy atom. The van der Waals surface area contributed by atoms with Crippen LogP contribution in [-0.2, 0) is 4.79 Å². The molecular formula is C21H25N3O2. The minimum Gasteiger partial charge on any atom is -0.326 e. The lowest BCUT2D eigenvalue weighted by atomic mass is 9.97. The molecule has 26 heavy (non-hydrogen) atoms. The van der Waals surface area contributed by atoms with Crippen molar-refractivity contribution in [3.05, 3.63) is 59.7 Å². The molecule has 0 aliphatic carbocycles. The number of hydrogen-bond acceptors (Lipinski definition) is 2. The maximum atomic E-state index is 12.6. The van der Waals surface area contributed by atoms with Crippen LogP contribution >= 0.6 is 0 Å². The molecule has 1 unspecified atom stereocenters. The van der Waals surface area contributed by atoms with Gasteiger partial charge in [-0.05, 0) is 56.5 Å². The van der Waals surface area contributed by atoms with Crippen LogP contribution < -0.4 is 10.6 Å². The summed E-state index contributed by atoms with van der Waals surface area (Å²) < 4.78 is 0. The second kappa shape index (κ2) is 8.04. The van der Waals surface area contributed by atoms with Gasteiger partial charge < -0.3 is 15.5 Å². The van der Waals surface area contributed by atoms with Crippen molar-refractivity contribution in [1.29, 1.82) is 0 Å². The molecule has 5 heteroatoms. The summed E-state index contributed by atoms with van der Waals surface area (Å²) in [4.78, 5) is 26.8. The monoisotopic (exact) mass is 351 g/mol. The van der Waals surface area contributed by atoms with Gasteiger partial charge >= 0.3 is 6.03 Å². The molecule has 0 aromatic heterocycles. The first-order valence-electron chi connectivity index (χ1n) is 9.01. The number of hydrogen-bond donors (Lipinski definition) is 2. The second-order valence-electron chi connectivity index (χ2n) is 6.94. The molecule has 3 rings (SSSR count). The molecule has 2 aromatic rings. The minimum atomic E-state index is -0.187. The van der Waals surface area contributed by atoms with Gasteiger partial charge in [-0.25, -0.2) is 4.79 Å². The smallest absolute Gasteiger partial charge is 0.321 e. The van der Waals surface area contributed by atoms with Crippen molar-refractivity contribution in [2.75, 3.05) is 23.7 Å². The summed E-state index contributed by atoms with van der Waals surface area (Å²) in [7, 11) is 0. The van der Waals surface area contributed by atoms with Gasteiger partial charge in [-0.15, -0.1) is 0 Å². The number of carbonyl (C=O) groups is 2. The van der Waals surface area contributed by atoms with E-state index in [2.05, 4.69) is 10.6 Å². The zero-order chi connectivity index (χ0) is 18.5. The van der Waals surface area contributed by atoms with Gasteiger partial charge in [0.1, 0.15) is 0 Å². The minimum absolute atomic E-state index is 0.0260. The van der Waals surface area contributed by atoms with Crippen LogP contribution in [0.2, 0.25) is 0 Å². The van der Waals surface area contributed by atoms with Crippen LogP contribution in [0.4, 0.5) is 16.2 Å². The standard InChI is InChI=1S/C21H25N3O2/c1-15-8-10-18(11-9-15)22-20(25)17-6-4-12-24(14-17)21(26)23-19-7-3-5-16(2)13-19/h3,5,7-11,13,17H,4,6,12,14H2,1-2H3,(H,22,25)(H,23,26). The summed E-state index contributed by atoms with van der Waals surface area (Å²) in [6, 6.07) is 15.3. The van der Waals surface area contributed by atoms with Crippen molar-refractivity contribution >= 4 is 23.3 Å². The maximum Gasteiger partial charge on any atom is 0.321 e. The molecule has 3 amide bonds. The molecule has 136 valence electrons. The fraction of sp³-hybridized carbons (Fsp3) is 0.333. The Labute approximate surface area is 154 Å². The lowest BCUT2D eigenvalue weighted by molar-refractivity contribution is -0.121. The van der Waals surface area contributed by atoms with Crippen LogP contribution in [0.3, 0.4) is 0 Å². The average Bonchev–Trinajstić information content (AvgIpc) is 2.64. The van der Waals surface area contributed by atoms with Crippen LogP contribution in [0.25, 0.3) is 0 Å². The highest BCUT2D eigenvalue weighted by atomic mass is 16.2. The third-order valence-electron chi connectivity index (χ3n) is 4.67. The van der Waals surface area contributed by atoms with E-state index in [-0.39, 0.29) is 17.9 Å². The molecule has 1 aliphatic rings. The Hall–Kier alpha value is -2.82. The van der Waals surface area contributed by atoms with Crippen LogP contribution in [-0.4, -0.2) is 29.9 Å². The third kappa shape index (κ3) is 4.63. The van der Waals surface area contributed by atoms with Crippen molar-refractivity contribution in [3.63, 3.8) is 0 Å². The quantitative estimate of drug-likeness (QED) is 0.871. The number of carbonyl (C=O) groups excluding carboxylic acids is 2. The Kier molecular flexibility index (Phi) is 5.56. The Morgan fingerprint density at radius 1 is 0.962 bits per heavy atom. The largest absolute Gasteiger partial charge is 0.326 e. The summed E-state index contributed by atoms with van der Waals surface area (Å²) in [5.74, 6) is -0.213. The van der Waals surface area contributed by atoms with E-state index in [0.29, 0.717) is 13.1 Å². The van der Waals surface area contributed by atoms with Crippen molar-refractivity contribution in [1.82, 2.24) is 4.90 Å². The number of aryl methyl sites for hydroxylation is 2. The topological polar surface area (TPSA) is 61.4 Å². The normalized spacial score (nSPS) is 16.8. The predicted octanol–water partition coefficient (Wildman–Crippen LogP) is 4.19. The summed E-state index contributed by atoms with van der Waals surface area (Å²) in [6.07, 6.45) is 1.62. The van der Waals surface area contributed by atoms with E-state index < -0.39 is 0 Å². The number of nitrogens with zero attached hydrogens (tertiary/aromatic N) is 1. The first-order chi connectivity index (χ1) is 12.5. The molecule has 1 saturated heterocycles. The highest BCUT2D eigenvalue weighted by molar-refractivity contribution is 5.94. The van der Waals surface area contributed by atoms with Gasteiger partial charge in [0, 0.05) is 24.5 Å². The van der Waals surface area contributed by atoms with Crippen LogP contribution in [0, 0.1) is 19.8 Å². The van der Waals surface area contributed by atoms with Gasteiger partial charge in [-0.1, -0.05) is 29.8 Å². The van der Waals surface area contributed by atoms with E-state index in [0.717, 1.165) is 35.3 Å². The van der Waals surface area contributed by atoms with Crippen molar-refractivity contribution < 1.29 is 9.59 Å². The molecule has 2 N–H and O–H groups in total. The van der Waals surface area contributed by atoms with Gasteiger partial charge in [0.15, 0.2) is 0 Å². The first kappa shape index (κ1) is 18.0. The summed E-state index contributed by atoms with van der Waals surface area (Å²) in [5.41, 5.74) is 3.82. The molecular weight excluding hydrogens is 326 g/mol. The van der Waals surface area contributed by atoms with Gasteiger partial charge in [0.2, 0.25) is 5.91 Å². The molecule has 0 radical (unpaired) electrons. The summed E-state index contributed by atoms with van der Waals surface area (Å²) in [5, 5.41) is 5.88. The second-order valence-corrected chi connectivity index (χ2v) is 6.94. The van der Waals surface area contributed by atoms with Crippen LogP contribution in [0.5, 0.6) is 0 Å². The van der Waals surface area contributed by atoms with Gasteiger partial charge in [-0.3, -0.25) is 4.79 Å². The van der Waals surface area contributed by atoms with E-state index >= 15 is 0 Å². The lowest BCUT2D eigenvalue weighted by Crippen LogP contribution is -2.45. The van der Waals surface area contributed by atoms with E-state index in [1.54, 1.807) is 4.90 Å². The van der Waals surface area contributed by atoms with Crippen LogP contribution in [0.15, 0.2) is 48.5 Å². The molecule has 0 spiro atoms. The highest BCUT2D eigenvalue weighted by Gasteiger charge is 2.28. The van der Waals surface area contributed by atoms with E-state index in [1.807, 2.05) is 62.4 Å². The lowest BCUT2D eigenvalue weighted by Gasteiger charge is -2.32. The molecule has 0 saturated carbocycles. The SMILES string of the molecule is Cc1ccc(NC(=O)C2CCCN(C(=O)Nc3cccc(C)c3)C2)cc1. The number of rotatable bonds is 3. The number of amides is 3. The van der Waals surface area contributed by atoms with E-state index in [9.17, 15) is 9.59 Å². The zero-order valence-electron chi connectivity index (χ0n) is 15.3. The summed E-state index contributed by atoms with van der Waals surface area (Å²) in [6.45, 7) is 5.11. The number of urea groups is 1. The molecule has 2 aromatic carbocycles. The Bertz CT molecular complexity index is 786. The number of benzene rings is 2. The van der Waals surface area contributed by atoms with Gasteiger partial charge in [0.05, 0.1) is 5.92 Å². The predicted molar refractivity (Wildman–Crippen MR) is 104 cm³/mol. The highest BCUT2D eigenvalue weighted by Crippen LogP contribution is 2.20. The fourth-order valence-corrected chi connectivity index (χ4v) is 3.18. The Balaban J connectivity index is 1.58. The number of anilines is 2. The van der Waals surface area contributed by atoms with Gasteiger partial charge in [0.25, 0.3) is 0 Å². The molecule has 1 heterocycles. The average molecular weight is 351 g/mol. The molecule has 5 nitrogen and oxygen atoms in total. The fourth-order valence-electron chi connectivity index (χ4n) is 3.18. The molecule has 1 fully saturated rings. The van der Waals surface area contributed by atoms with Gasteiger partial charge in [-0.2, -0.15) is 0 Å². The summed E-state index contributed by atoms with van der Waals surface area (Å²) >= 11 is 0. The van der Waals surface area contributed by atoms with Crippen LogP contribution in [0.1, 0.15) is 24.0 Å². The van der Waals surface area contributed by atoms with E-state index in [4.69, 9.17) is 0 Å². The maximum absolute atomic E-state index is 12.6. The zero-order valence-corrected chi connectivity index (χ0v) is 15.3. The number of nitrogens with one attached hydrogen (secondary N) is 2. The van der Waals surface area contributed by atoms with Crippen molar-refractivity contribution in [2.24, 2.45) is 5.92 Å². The van der Waals surface area contributed by atoms with Crippen molar-refractivity contribution in [3.8, 4) is 0 Å². The third-order valence-corrected chi connectivity index (χ3v) is 4.67. The van der Waals surface area contributed by atoms with E-state index in [1.165, 1.54) is 0 Å². The number of piperidine rings is 1. The first-order valence-corrected chi connectivity index (χ1v) is 9.01. The molecule has 1 atom stereocenters. The Morgan fingerprint density at radius 3 is 2.46 bits per heavy atom. The molecule has 1 aliphatic heterocycles.